The highest BCUT2D eigenvalue weighted by atomic mass is 35.5. The van der Waals surface area contributed by atoms with Gasteiger partial charge in [0.15, 0.2) is 5.65 Å². The molecule has 0 aliphatic heterocycles. The molecular weight excluding hydrogens is 282 g/mol. The van der Waals surface area contributed by atoms with Crippen molar-refractivity contribution < 1.29 is 4.21 Å². The SMILES string of the molecule is Cc1cnc2c(c1)nc(CCl)n2C(C)CCS(C)=O. The van der Waals surface area contributed by atoms with Crippen molar-refractivity contribution in [1.29, 1.82) is 0 Å². The first kappa shape index (κ1) is 14.5. The highest BCUT2D eigenvalue weighted by Gasteiger charge is 2.16. The molecule has 0 fully saturated rings. The van der Waals surface area contributed by atoms with E-state index in [1.165, 1.54) is 0 Å². The van der Waals surface area contributed by atoms with Crippen molar-refractivity contribution in [3.8, 4) is 0 Å². The predicted octanol–water partition coefficient (Wildman–Crippen LogP) is 2.81. The predicted molar refractivity (Wildman–Crippen MR) is 80.1 cm³/mol. The molecule has 0 aliphatic rings. The van der Waals surface area contributed by atoms with Crippen LogP contribution in [0, 0.1) is 6.92 Å². The number of imidazole rings is 1. The minimum Gasteiger partial charge on any atom is -0.309 e. The molecule has 0 spiro atoms. The number of aromatic nitrogens is 3. The molecule has 2 aromatic heterocycles. The number of nitrogens with zero attached hydrogens (tertiary/aromatic N) is 3. The largest absolute Gasteiger partial charge is 0.309 e. The average molecular weight is 300 g/mol. The number of hydrogen-bond acceptors (Lipinski definition) is 3. The Morgan fingerprint density at radius 3 is 2.89 bits per heavy atom. The van der Waals surface area contributed by atoms with Crippen LogP contribution in [-0.4, -0.2) is 30.8 Å². The Morgan fingerprint density at radius 2 is 2.26 bits per heavy atom. The Kier molecular flexibility index (Phi) is 4.58. The molecule has 0 saturated carbocycles. The molecule has 2 rings (SSSR count). The van der Waals surface area contributed by atoms with Gasteiger partial charge < -0.3 is 4.57 Å². The monoisotopic (exact) mass is 299 g/mol. The van der Waals surface area contributed by atoms with Gasteiger partial charge in [0.1, 0.15) is 11.3 Å². The Bertz CT molecular complexity index is 611. The fraction of sp³-hybridized carbons (Fsp3) is 0.538. The molecule has 0 radical (unpaired) electrons. The van der Waals surface area contributed by atoms with E-state index in [-0.39, 0.29) is 6.04 Å². The van der Waals surface area contributed by atoms with Gasteiger partial charge in [-0.05, 0) is 31.9 Å². The quantitative estimate of drug-likeness (QED) is 0.798. The fourth-order valence-electron chi connectivity index (χ4n) is 2.15. The zero-order valence-corrected chi connectivity index (χ0v) is 13.0. The van der Waals surface area contributed by atoms with Crippen molar-refractivity contribution in [2.45, 2.75) is 32.2 Å². The van der Waals surface area contributed by atoms with Crippen LogP contribution in [0.15, 0.2) is 12.3 Å². The third-order valence-electron chi connectivity index (χ3n) is 3.12. The lowest BCUT2D eigenvalue weighted by atomic mass is 10.2. The van der Waals surface area contributed by atoms with Gasteiger partial charge in [-0.15, -0.1) is 11.6 Å². The summed E-state index contributed by atoms with van der Waals surface area (Å²) < 4.78 is 13.3. The van der Waals surface area contributed by atoms with Crippen LogP contribution in [0.4, 0.5) is 0 Å². The minimum absolute atomic E-state index is 0.192. The van der Waals surface area contributed by atoms with Gasteiger partial charge in [0, 0.05) is 35.0 Å². The van der Waals surface area contributed by atoms with Crippen LogP contribution in [-0.2, 0) is 16.7 Å². The van der Waals surface area contributed by atoms with Crippen molar-refractivity contribution >= 4 is 33.6 Å². The second-order valence-corrected chi connectivity index (χ2v) is 6.62. The van der Waals surface area contributed by atoms with Crippen LogP contribution in [0.25, 0.3) is 11.2 Å². The molecule has 2 heterocycles. The lowest BCUT2D eigenvalue weighted by molar-refractivity contribution is 0.527. The minimum atomic E-state index is -0.781. The van der Waals surface area contributed by atoms with E-state index in [2.05, 4.69) is 21.5 Å². The lowest BCUT2D eigenvalue weighted by Crippen LogP contribution is -2.12. The van der Waals surface area contributed by atoms with Gasteiger partial charge in [-0.25, -0.2) is 9.97 Å². The molecule has 0 amide bonds. The molecule has 0 aliphatic carbocycles. The number of pyridine rings is 1. The molecule has 2 unspecified atom stereocenters. The maximum atomic E-state index is 11.2. The molecule has 2 aromatic rings. The second kappa shape index (κ2) is 6.01. The van der Waals surface area contributed by atoms with Crippen LogP contribution in [0.2, 0.25) is 0 Å². The smallest absolute Gasteiger partial charge is 0.160 e. The van der Waals surface area contributed by atoms with E-state index in [9.17, 15) is 4.21 Å². The summed E-state index contributed by atoms with van der Waals surface area (Å²) >= 11 is 5.98. The van der Waals surface area contributed by atoms with E-state index >= 15 is 0 Å². The number of alkyl halides is 1. The third kappa shape index (κ3) is 3.15. The maximum Gasteiger partial charge on any atom is 0.160 e. The Labute approximate surface area is 120 Å². The van der Waals surface area contributed by atoms with Crippen molar-refractivity contribution in [3.05, 3.63) is 23.7 Å². The summed E-state index contributed by atoms with van der Waals surface area (Å²) in [6.45, 7) is 4.08. The fourth-order valence-corrected chi connectivity index (χ4v) is 3.01. The Morgan fingerprint density at radius 1 is 1.53 bits per heavy atom. The molecule has 4 nitrogen and oxygen atoms in total. The summed E-state index contributed by atoms with van der Waals surface area (Å²) in [7, 11) is -0.781. The first-order valence-corrected chi connectivity index (χ1v) is 8.48. The number of rotatable bonds is 5. The molecule has 0 aromatic carbocycles. The summed E-state index contributed by atoms with van der Waals surface area (Å²) in [5.74, 6) is 1.85. The van der Waals surface area contributed by atoms with Gasteiger partial charge in [0.2, 0.25) is 0 Å². The van der Waals surface area contributed by atoms with E-state index in [4.69, 9.17) is 11.6 Å². The van der Waals surface area contributed by atoms with Crippen molar-refractivity contribution in [3.63, 3.8) is 0 Å². The van der Waals surface area contributed by atoms with Gasteiger partial charge in [0.25, 0.3) is 0 Å². The molecule has 0 saturated heterocycles. The van der Waals surface area contributed by atoms with Crippen LogP contribution >= 0.6 is 11.6 Å². The maximum absolute atomic E-state index is 11.2. The van der Waals surface area contributed by atoms with Crippen LogP contribution in [0.3, 0.4) is 0 Å². The van der Waals surface area contributed by atoms with Gasteiger partial charge in [-0.3, -0.25) is 4.21 Å². The average Bonchev–Trinajstić information content (AvgIpc) is 2.73. The summed E-state index contributed by atoms with van der Waals surface area (Å²) in [4.78, 5) is 9.00. The molecule has 104 valence electrons. The first-order chi connectivity index (χ1) is 9.02. The summed E-state index contributed by atoms with van der Waals surface area (Å²) in [6, 6.07) is 2.21. The lowest BCUT2D eigenvalue weighted by Gasteiger charge is -2.15. The molecule has 19 heavy (non-hydrogen) atoms. The topological polar surface area (TPSA) is 47.8 Å². The molecule has 0 bridgehead atoms. The zero-order valence-electron chi connectivity index (χ0n) is 11.4. The standard InChI is InChI=1S/C13H18ClN3OS/c1-9-6-11-13(15-8-9)17(12(7-14)16-11)10(2)4-5-19(3)18/h6,8,10H,4-5,7H2,1-3H3. The normalized spacial score (nSPS) is 14.7. The van der Waals surface area contributed by atoms with Crippen LogP contribution < -0.4 is 0 Å². The van der Waals surface area contributed by atoms with Crippen molar-refractivity contribution in [2.24, 2.45) is 0 Å². The number of aryl methyl sites for hydroxylation is 1. The van der Waals surface area contributed by atoms with Crippen LogP contribution in [0.5, 0.6) is 0 Å². The molecule has 2 atom stereocenters. The second-order valence-electron chi connectivity index (χ2n) is 4.80. The summed E-state index contributed by atoms with van der Waals surface area (Å²) in [6.07, 6.45) is 4.39. The Balaban J connectivity index is 2.42. The number of hydrogen-bond donors (Lipinski definition) is 0. The highest BCUT2D eigenvalue weighted by molar-refractivity contribution is 7.84. The van der Waals surface area contributed by atoms with Crippen molar-refractivity contribution in [1.82, 2.24) is 14.5 Å². The Hall–Kier alpha value is -0.940. The van der Waals surface area contributed by atoms with E-state index in [0.717, 1.165) is 29.0 Å². The zero-order chi connectivity index (χ0) is 14.0. The van der Waals surface area contributed by atoms with E-state index < -0.39 is 10.8 Å². The van der Waals surface area contributed by atoms with Crippen molar-refractivity contribution in [2.75, 3.05) is 12.0 Å². The van der Waals surface area contributed by atoms with Gasteiger partial charge in [-0.1, -0.05) is 0 Å². The van der Waals surface area contributed by atoms with E-state index in [1.54, 1.807) is 6.26 Å². The van der Waals surface area contributed by atoms with Gasteiger partial charge in [-0.2, -0.15) is 0 Å². The third-order valence-corrected chi connectivity index (χ3v) is 4.17. The molecular formula is C13H18ClN3OS. The molecule has 0 N–H and O–H groups in total. The molecule has 6 heteroatoms. The number of halogens is 1. The van der Waals surface area contributed by atoms with E-state index in [1.807, 2.05) is 19.2 Å². The van der Waals surface area contributed by atoms with Gasteiger partial charge >= 0.3 is 0 Å². The van der Waals surface area contributed by atoms with Gasteiger partial charge in [0.05, 0.1) is 5.88 Å². The summed E-state index contributed by atoms with van der Waals surface area (Å²) in [5.41, 5.74) is 2.82. The first-order valence-electron chi connectivity index (χ1n) is 6.22. The highest BCUT2D eigenvalue weighted by Crippen LogP contribution is 2.23. The summed E-state index contributed by atoms with van der Waals surface area (Å²) in [5, 5.41) is 0. The number of fused-ring (bicyclic) bond motifs is 1. The van der Waals surface area contributed by atoms with E-state index in [0.29, 0.717) is 11.6 Å². The van der Waals surface area contributed by atoms with Crippen LogP contribution in [0.1, 0.15) is 30.8 Å².